The molecule has 0 bridgehead atoms. The highest BCUT2D eigenvalue weighted by Crippen LogP contribution is 2.35. The molecule has 2 aromatic carbocycles. The summed E-state index contributed by atoms with van der Waals surface area (Å²) in [7, 11) is 0. The van der Waals surface area contributed by atoms with Gasteiger partial charge in [-0.1, -0.05) is 36.7 Å². The van der Waals surface area contributed by atoms with Crippen molar-refractivity contribution in [2.24, 2.45) is 5.92 Å². The summed E-state index contributed by atoms with van der Waals surface area (Å²) in [4.78, 5) is 0.177. The molecular formula is C21H22ClF2NOS. The van der Waals surface area contributed by atoms with Gasteiger partial charge in [0.2, 0.25) is 0 Å². The average Bonchev–Trinajstić information content (AvgIpc) is 2.64. The zero-order chi connectivity index (χ0) is 19.4. The Kier molecular flexibility index (Phi) is 6.79. The maximum atomic E-state index is 13.8. The lowest BCUT2D eigenvalue weighted by Gasteiger charge is -2.33. The van der Waals surface area contributed by atoms with Crippen molar-refractivity contribution in [2.75, 3.05) is 13.2 Å². The standard InChI is InChI=1S/C21H22ClF2NOS/c1-2-25-19-8-4-7-15(13-5-3-6-14(23)9-13)16(19)12-26-20-11-18(24)21(27)10-17(20)22/h3,5-7,9-11,16,19,25,27H,2,4,8,12H2,1H3. The molecule has 0 amide bonds. The fraction of sp³-hybridized carbons (Fsp3) is 0.333. The molecule has 2 aromatic rings. The van der Waals surface area contributed by atoms with Crippen molar-refractivity contribution in [3.05, 3.63) is 64.7 Å². The number of hydrogen-bond donors (Lipinski definition) is 2. The Labute approximate surface area is 169 Å². The third kappa shape index (κ3) is 4.84. The van der Waals surface area contributed by atoms with Crippen LogP contribution in [0.2, 0.25) is 5.02 Å². The van der Waals surface area contributed by atoms with Crippen molar-refractivity contribution < 1.29 is 13.5 Å². The van der Waals surface area contributed by atoms with Crippen LogP contribution in [0, 0.1) is 17.6 Å². The molecular weight excluding hydrogens is 388 g/mol. The first kappa shape index (κ1) is 20.2. The van der Waals surface area contributed by atoms with Crippen molar-refractivity contribution in [3.63, 3.8) is 0 Å². The predicted molar refractivity (Wildman–Crippen MR) is 109 cm³/mol. The second kappa shape index (κ2) is 9.09. The molecule has 2 atom stereocenters. The highest BCUT2D eigenvalue weighted by Gasteiger charge is 2.29. The number of nitrogens with one attached hydrogen (secondary N) is 1. The number of hydrogen-bond acceptors (Lipinski definition) is 3. The molecule has 6 heteroatoms. The fourth-order valence-corrected chi connectivity index (χ4v) is 4.00. The topological polar surface area (TPSA) is 21.3 Å². The minimum atomic E-state index is -0.481. The minimum absolute atomic E-state index is 0.00435. The van der Waals surface area contributed by atoms with Crippen LogP contribution in [0.25, 0.3) is 5.57 Å². The molecule has 0 radical (unpaired) electrons. The van der Waals surface area contributed by atoms with Crippen molar-refractivity contribution >= 4 is 29.8 Å². The molecule has 0 spiro atoms. The SMILES string of the molecule is CCNC1CCC=C(c2cccc(F)c2)C1COc1cc(F)c(S)cc1Cl. The molecule has 0 aromatic heterocycles. The van der Waals surface area contributed by atoms with E-state index in [0.29, 0.717) is 11.6 Å². The van der Waals surface area contributed by atoms with Gasteiger partial charge in [-0.3, -0.25) is 0 Å². The molecule has 2 nitrogen and oxygen atoms in total. The Hall–Kier alpha value is -1.56. The molecule has 0 saturated heterocycles. The Balaban J connectivity index is 1.86. The van der Waals surface area contributed by atoms with Gasteiger partial charge < -0.3 is 10.1 Å². The Morgan fingerprint density at radius 1 is 1.26 bits per heavy atom. The highest BCUT2D eigenvalue weighted by atomic mass is 35.5. The second-order valence-electron chi connectivity index (χ2n) is 6.56. The predicted octanol–water partition coefficient (Wildman–Crippen LogP) is 5.76. The third-order valence-electron chi connectivity index (χ3n) is 4.77. The van der Waals surface area contributed by atoms with Crippen LogP contribution in [0.15, 0.2) is 47.4 Å². The Bertz CT molecular complexity index is 843. The largest absolute Gasteiger partial charge is 0.491 e. The Morgan fingerprint density at radius 2 is 2.07 bits per heavy atom. The molecule has 144 valence electrons. The van der Waals surface area contributed by atoms with Crippen LogP contribution >= 0.6 is 24.2 Å². The molecule has 0 saturated carbocycles. The van der Waals surface area contributed by atoms with E-state index in [1.54, 1.807) is 6.07 Å². The van der Waals surface area contributed by atoms with Gasteiger partial charge in [0.25, 0.3) is 0 Å². The van der Waals surface area contributed by atoms with Gasteiger partial charge in [0.15, 0.2) is 0 Å². The fourth-order valence-electron chi connectivity index (χ4n) is 3.51. The molecule has 0 heterocycles. The summed E-state index contributed by atoms with van der Waals surface area (Å²) in [5, 5.41) is 3.80. The number of rotatable bonds is 6. The normalized spacial score (nSPS) is 19.7. The number of allylic oxidation sites excluding steroid dienone is 1. The maximum Gasteiger partial charge on any atom is 0.140 e. The van der Waals surface area contributed by atoms with E-state index in [2.05, 4.69) is 30.9 Å². The Morgan fingerprint density at radius 3 is 2.81 bits per heavy atom. The van der Waals surface area contributed by atoms with Crippen LogP contribution in [0.1, 0.15) is 25.3 Å². The molecule has 0 fully saturated rings. The van der Waals surface area contributed by atoms with Crippen LogP contribution in [0.4, 0.5) is 8.78 Å². The van der Waals surface area contributed by atoms with Crippen LogP contribution in [-0.4, -0.2) is 19.2 Å². The molecule has 3 rings (SSSR count). The number of ether oxygens (including phenoxy) is 1. The van der Waals surface area contributed by atoms with E-state index in [-0.39, 0.29) is 28.4 Å². The monoisotopic (exact) mass is 409 g/mol. The van der Waals surface area contributed by atoms with Gasteiger partial charge in [-0.25, -0.2) is 8.78 Å². The summed E-state index contributed by atoms with van der Waals surface area (Å²) in [6.07, 6.45) is 4.00. The minimum Gasteiger partial charge on any atom is -0.491 e. The number of halogens is 3. The number of thiol groups is 1. The summed E-state index contributed by atoms with van der Waals surface area (Å²) in [6, 6.07) is 9.45. The zero-order valence-electron chi connectivity index (χ0n) is 15.0. The van der Waals surface area contributed by atoms with Crippen LogP contribution in [0.5, 0.6) is 5.75 Å². The summed E-state index contributed by atoms with van der Waals surface area (Å²) in [5.74, 6) is -0.472. The van der Waals surface area contributed by atoms with Gasteiger partial charge in [0, 0.05) is 22.9 Å². The first-order chi connectivity index (χ1) is 13.0. The first-order valence-corrected chi connectivity index (χ1v) is 9.82. The molecule has 1 N–H and O–H groups in total. The first-order valence-electron chi connectivity index (χ1n) is 8.99. The van der Waals surface area contributed by atoms with Gasteiger partial charge >= 0.3 is 0 Å². The molecule has 27 heavy (non-hydrogen) atoms. The van der Waals surface area contributed by atoms with Gasteiger partial charge in [-0.2, -0.15) is 0 Å². The lowest BCUT2D eigenvalue weighted by molar-refractivity contribution is 0.236. The molecule has 2 unspecified atom stereocenters. The van der Waals surface area contributed by atoms with E-state index in [0.717, 1.165) is 30.5 Å². The smallest absolute Gasteiger partial charge is 0.140 e. The number of benzene rings is 2. The molecule has 1 aliphatic rings. The van der Waals surface area contributed by atoms with E-state index >= 15 is 0 Å². The molecule has 0 aliphatic heterocycles. The lowest BCUT2D eigenvalue weighted by atomic mass is 9.80. The highest BCUT2D eigenvalue weighted by molar-refractivity contribution is 7.80. The van der Waals surface area contributed by atoms with Crippen LogP contribution in [-0.2, 0) is 0 Å². The van der Waals surface area contributed by atoms with E-state index in [9.17, 15) is 8.78 Å². The van der Waals surface area contributed by atoms with Gasteiger partial charge in [-0.05, 0) is 48.7 Å². The van der Waals surface area contributed by atoms with Gasteiger partial charge in [-0.15, -0.1) is 12.6 Å². The van der Waals surface area contributed by atoms with E-state index in [4.69, 9.17) is 16.3 Å². The van der Waals surface area contributed by atoms with Crippen LogP contribution in [0.3, 0.4) is 0 Å². The van der Waals surface area contributed by atoms with Crippen molar-refractivity contribution in [1.29, 1.82) is 0 Å². The van der Waals surface area contributed by atoms with Crippen molar-refractivity contribution in [3.8, 4) is 5.75 Å². The van der Waals surface area contributed by atoms with Gasteiger partial charge in [0.05, 0.1) is 11.6 Å². The van der Waals surface area contributed by atoms with Crippen molar-refractivity contribution in [2.45, 2.75) is 30.7 Å². The quantitative estimate of drug-likeness (QED) is 0.592. The van der Waals surface area contributed by atoms with Crippen LogP contribution < -0.4 is 10.1 Å². The third-order valence-corrected chi connectivity index (χ3v) is 5.41. The van der Waals surface area contributed by atoms with E-state index in [1.807, 2.05) is 6.07 Å². The maximum absolute atomic E-state index is 13.8. The summed E-state index contributed by atoms with van der Waals surface area (Å²) < 4.78 is 33.5. The summed E-state index contributed by atoms with van der Waals surface area (Å²) >= 11 is 10.2. The molecule has 1 aliphatic carbocycles. The van der Waals surface area contributed by atoms with E-state index in [1.165, 1.54) is 24.3 Å². The van der Waals surface area contributed by atoms with E-state index < -0.39 is 5.82 Å². The van der Waals surface area contributed by atoms with Crippen molar-refractivity contribution in [1.82, 2.24) is 5.32 Å². The zero-order valence-corrected chi connectivity index (χ0v) is 16.7. The second-order valence-corrected chi connectivity index (χ2v) is 7.45. The average molecular weight is 410 g/mol. The summed E-state index contributed by atoms with van der Waals surface area (Å²) in [5.41, 5.74) is 1.88. The summed E-state index contributed by atoms with van der Waals surface area (Å²) in [6.45, 7) is 3.18. The van der Waals surface area contributed by atoms with Gasteiger partial charge in [0.1, 0.15) is 17.4 Å². The lowest BCUT2D eigenvalue weighted by Crippen LogP contribution is -2.41.